The Morgan fingerprint density at radius 2 is 1.62 bits per heavy atom. The van der Waals surface area contributed by atoms with Crippen molar-refractivity contribution in [1.29, 1.82) is 5.26 Å². The molecular weight excluding hydrogens is 510 g/mol. The quantitative estimate of drug-likeness (QED) is 0.405. The van der Waals surface area contributed by atoms with Crippen molar-refractivity contribution in [2.75, 3.05) is 0 Å². The van der Waals surface area contributed by atoms with Crippen LogP contribution in [0.3, 0.4) is 0 Å². The summed E-state index contributed by atoms with van der Waals surface area (Å²) >= 11 is 0. The predicted octanol–water partition coefficient (Wildman–Crippen LogP) is 6.81. The van der Waals surface area contributed by atoms with Gasteiger partial charge in [-0.2, -0.15) is 14.0 Å². The molecule has 1 N–H and O–H groups in total. The average molecular weight is 557 g/mol. The maximum Gasteiger partial charge on any atom is 0.321 e. The molecule has 0 aromatic heterocycles. The fourth-order valence-corrected chi connectivity index (χ4v) is 10.7. The fraction of sp³-hybridized carbons (Fsp3) is 0.818. The molecule has 0 bridgehead atoms. The number of amides is 1. The van der Waals surface area contributed by atoms with E-state index in [9.17, 15) is 28.4 Å². The largest absolute Gasteiger partial charge is 0.345 e. The number of rotatable bonds is 2. The van der Waals surface area contributed by atoms with Crippen molar-refractivity contribution in [3.63, 3.8) is 0 Å². The number of carbonyl (C=O) groups excluding carboxylic acids is 3. The summed E-state index contributed by atoms with van der Waals surface area (Å²) in [6, 6.07) is 2.27. The van der Waals surface area contributed by atoms with Crippen LogP contribution < -0.4 is 5.32 Å². The van der Waals surface area contributed by atoms with E-state index in [-0.39, 0.29) is 34.2 Å². The van der Waals surface area contributed by atoms with E-state index in [1.165, 1.54) is 0 Å². The molecule has 8 unspecified atom stereocenters. The molecule has 5 aliphatic carbocycles. The van der Waals surface area contributed by atoms with Crippen LogP contribution in [0.4, 0.5) is 8.78 Å². The monoisotopic (exact) mass is 556 g/mol. The van der Waals surface area contributed by atoms with Gasteiger partial charge in [-0.1, -0.05) is 54.0 Å². The van der Waals surface area contributed by atoms with E-state index < -0.39 is 45.4 Å². The lowest BCUT2D eigenvalue weighted by Gasteiger charge is -2.70. The number of nitrogens with one attached hydrogen (secondary N) is 1. The highest BCUT2D eigenvalue weighted by molar-refractivity contribution is 5.96. The molecule has 0 aromatic rings. The molecule has 0 aliphatic heterocycles. The third-order valence-corrected chi connectivity index (χ3v) is 13.0. The van der Waals surface area contributed by atoms with Gasteiger partial charge in [-0.25, -0.2) is 0 Å². The fourth-order valence-electron chi connectivity index (χ4n) is 10.7. The average Bonchev–Trinajstić information content (AvgIpc) is 2.83. The van der Waals surface area contributed by atoms with E-state index in [0.717, 1.165) is 24.8 Å². The summed E-state index contributed by atoms with van der Waals surface area (Å²) in [5.74, 6) is -6.03. The third-order valence-electron chi connectivity index (χ3n) is 13.0. The maximum absolute atomic E-state index is 14.4. The number of fused-ring (bicyclic) bond motifs is 7. The van der Waals surface area contributed by atoms with Crippen LogP contribution in [-0.2, 0) is 14.4 Å². The summed E-state index contributed by atoms with van der Waals surface area (Å²) < 4.78 is 28.3. The van der Waals surface area contributed by atoms with Gasteiger partial charge in [0.1, 0.15) is 5.92 Å². The Bertz CT molecular complexity index is 1240. The maximum atomic E-state index is 14.4. The normalized spacial score (nSPS) is 45.6. The summed E-state index contributed by atoms with van der Waals surface area (Å²) in [7, 11) is 0. The van der Waals surface area contributed by atoms with Gasteiger partial charge >= 0.3 is 5.92 Å². The van der Waals surface area contributed by atoms with E-state index in [4.69, 9.17) is 0 Å². The number of allylic oxidation sites excluding steroid dienone is 2. The van der Waals surface area contributed by atoms with Gasteiger partial charge in [0, 0.05) is 23.8 Å². The Balaban J connectivity index is 1.64. The molecule has 8 atom stereocenters. The third kappa shape index (κ3) is 3.76. The van der Waals surface area contributed by atoms with E-state index in [1.807, 2.05) is 19.9 Å². The van der Waals surface area contributed by atoms with Crippen LogP contribution >= 0.6 is 0 Å². The Morgan fingerprint density at radius 3 is 2.23 bits per heavy atom. The van der Waals surface area contributed by atoms with Crippen LogP contribution in [0.2, 0.25) is 0 Å². The minimum absolute atomic E-state index is 0.00302. The lowest BCUT2D eigenvalue weighted by molar-refractivity contribution is -0.173. The smallest absolute Gasteiger partial charge is 0.321 e. The molecule has 0 aromatic carbocycles. The molecule has 220 valence electrons. The van der Waals surface area contributed by atoms with Crippen LogP contribution in [0.15, 0.2) is 11.6 Å². The number of carbonyl (C=O) groups is 3. The molecule has 5 nitrogen and oxygen atoms in total. The summed E-state index contributed by atoms with van der Waals surface area (Å²) in [6.07, 6.45) is 7.20. The highest BCUT2D eigenvalue weighted by atomic mass is 19.3. The number of halogens is 2. The number of alkyl halides is 2. The van der Waals surface area contributed by atoms with Gasteiger partial charge < -0.3 is 5.32 Å². The van der Waals surface area contributed by atoms with Crippen LogP contribution in [0.25, 0.3) is 0 Å². The summed E-state index contributed by atoms with van der Waals surface area (Å²) in [6.45, 7) is 15.6. The minimum Gasteiger partial charge on any atom is -0.345 e. The van der Waals surface area contributed by atoms with Gasteiger partial charge in [-0.15, -0.1) is 0 Å². The molecule has 0 heterocycles. The van der Waals surface area contributed by atoms with Gasteiger partial charge in [0.05, 0.1) is 6.07 Å². The molecule has 0 radical (unpaired) electrons. The first-order valence-electron chi connectivity index (χ1n) is 15.1. The van der Waals surface area contributed by atoms with Crippen molar-refractivity contribution in [1.82, 2.24) is 5.32 Å². The Kier molecular flexibility index (Phi) is 6.23. The number of nitrogens with zero attached hydrogens (tertiary/aromatic N) is 1. The summed E-state index contributed by atoms with van der Waals surface area (Å²) in [5.41, 5.74) is -1.74. The van der Waals surface area contributed by atoms with Crippen molar-refractivity contribution < 1.29 is 23.2 Å². The second-order valence-corrected chi connectivity index (χ2v) is 16.1. The SMILES string of the molecule is CC1(C)CCC2(NC(=O)C(C)(F)F)CCC3(C)C(C(=O)C=C4C5(C)CC(C#N)C(=O)C(C)(C)C5CCC43C)C2C1. The first-order chi connectivity index (χ1) is 18.2. The second kappa shape index (κ2) is 8.48. The summed E-state index contributed by atoms with van der Waals surface area (Å²) in [4.78, 5) is 40.4. The van der Waals surface area contributed by atoms with Gasteiger partial charge in [-0.05, 0) is 90.9 Å². The van der Waals surface area contributed by atoms with E-state index >= 15 is 0 Å². The van der Waals surface area contributed by atoms with Gasteiger partial charge in [0.15, 0.2) is 11.6 Å². The van der Waals surface area contributed by atoms with E-state index in [1.54, 1.807) is 0 Å². The van der Waals surface area contributed by atoms with Gasteiger partial charge in [-0.3, -0.25) is 14.4 Å². The lowest BCUT2D eigenvalue weighted by Crippen LogP contribution is -2.70. The molecule has 0 saturated heterocycles. The number of ketones is 2. The van der Waals surface area contributed by atoms with Crippen molar-refractivity contribution in [2.24, 2.45) is 50.7 Å². The van der Waals surface area contributed by atoms with E-state index in [0.29, 0.717) is 39.0 Å². The zero-order valence-corrected chi connectivity index (χ0v) is 25.5. The zero-order chi connectivity index (χ0) is 29.9. The number of hydrogen-bond acceptors (Lipinski definition) is 4. The topological polar surface area (TPSA) is 87.0 Å². The zero-order valence-electron chi connectivity index (χ0n) is 25.5. The highest BCUT2D eigenvalue weighted by Crippen LogP contribution is 2.74. The number of Topliss-reactive ketones (excluding diaryl/α,β-unsaturated/α-hetero) is 1. The van der Waals surface area contributed by atoms with Crippen LogP contribution in [0.5, 0.6) is 0 Å². The molecule has 7 heteroatoms. The molecule has 0 spiro atoms. The van der Waals surface area contributed by atoms with Crippen molar-refractivity contribution >= 4 is 17.5 Å². The van der Waals surface area contributed by atoms with E-state index in [2.05, 4.69) is 46.0 Å². The molecule has 4 saturated carbocycles. The molecule has 1 amide bonds. The van der Waals surface area contributed by atoms with Crippen LogP contribution in [0.1, 0.15) is 107 Å². The predicted molar refractivity (Wildman–Crippen MR) is 148 cm³/mol. The van der Waals surface area contributed by atoms with Crippen molar-refractivity contribution in [3.05, 3.63) is 11.6 Å². The Hall–Kier alpha value is -2.10. The number of nitriles is 1. The second-order valence-electron chi connectivity index (χ2n) is 16.1. The Labute approximate surface area is 237 Å². The molecule has 4 fully saturated rings. The number of hydrogen-bond donors (Lipinski definition) is 1. The van der Waals surface area contributed by atoms with Crippen LogP contribution in [-0.4, -0.2) is 28.9 Å². The Morgan fingerprint density at radius 1 is 1.00 bits per heavy atom. The summed E-state index contributed by atoms with van der Waals surface area (Å²) in [5, 5.41) is 12.8. The van der Waals surface area contributed by atoms with Gasteiger partial charge in [0.25, 0.3) is 5.91 Å². The van der Waals surface area contributed by atoms with Crippen molar-refractivity contribution in [3.8, 4) is 6.07 Å². The van der Waals surface area contributed by atoms with Gasteiger partial charge in [0.2, 0.25) is 0 Å². The molecular formula is C33H46F2N2O3. The van der Waals surface area contributed by atoms with Crippen molar-refractivity contribution in [2.45, 2.75) is 118 Å². The molecule has 5 aliphatic rings. The lowest BCUT2D eigenvalue weighted by atomic mass is 9.34. The standard InChI is InChI=1S/C33H46F2N2O3/c1-27(2)11-13-33(37-26(40)32(8,34)35)14-12-31(7)24(20(33)17-27)21(38)15-23-29(5)16-19(18-36)25(39)28(3,4)22(29)9-10-30(23,31)6/h15,19-20,22,24H,9-14,16-17H2,1-8H3,(H,37,40). The molecule has 5 rings (SSSR count). The molecule has 40 heavy (non-hydrogen) atoms. The highest BCUT2D eigenvalue weighted by Gasteiger charge is 2.71. The first kappa shape index (κ1) is 29.4. The minimum atomic E-state index is -3.49. The van der Waals surface area contributed by atoms with Crippen LogP contribution in [0, 0.1) is 62.1 Å². The first-order valence-corrected chi connectivity index (χ1v) is 15.1.